The van der Waals surface area contributed by atoms with Gasteiger partial charge in [0.05, 0.1) is 31.5 Å². The average Bonchev–Trinajstić information content (AvgIpc) is 3.12. The molecule has 0 radical (unpaired) electrons. The number of hydrogen-bond acceptors (Lipinski definition) is 8. The number of para-hydroxylation sites is 1. The first-order valence-corrected chi connectivity index (χ1v) is 11.8. The van der Waals surface area contributed by atoms with Gasteiger partial charge in [-0.1, -0.05) is 24.3 Å². The van der Waals surface area contributed by atoms with E-state index < -0.39 is 23.3 Å². The number of fused-ring (bicyclic) bond motifs is 2. The van der Waals surface area contributed by atoms with Crippen molar-refractivity contribution in [2.75, 3.05) is 30.5 Å². The number of benzene rings is 2. The van der Waals surface area contributed by atoms with Gasteiger partial charge in [-0.25, -0.2) is 0 Å². The van der Waals surface area contributed by atoms with Crippen molar-refractivity contribution in [1.29, 1.82) is 5.26 Å². The number of H-pyrrole nitrogens is 1. The maximum Gasteiger partial charge on any atom is 0.258 e. The summed E-state index contributed by atoms with van der Waals surface area (Å²) in [5.74, 6) is -0.258. The van der Waals surface area contributed by atoms with Gasteiger partial charge in [-0.15, -0.1) is 0 Å². The van der Waals surface area contributed by atoms with Gasteiger partial charge in [-0.3, -0.25) is 14.6 Å². The van der Waals surface area contributed by atoms with Crippen molar-refractivity contribution in [2.24, 2.45) is 5.92 Å². The van der Waals surface area contributed by atoms with Crippen LogP contribution in [0.1, 0.15) is 36.0 Å². The topological polar surface area (TPSA) is 138 Å². The third-order valence-corrected chi connectivity index (χ3v) is 6.09. The standard InChI is InChI=1S/C26H25N5O5/c1-2-34-18-7-4-3-6-16(18)21-17(13-27)24(32)29-23-22(21)25(33)31-26(30-23)28-14-15-8-9-19-20(12-15)36-11-5-10-35-19/h3-4,6-9,12,17,21H,2,5,10-11,14H2,1H3,(H3,28,29,30,31,32,33). The number of carbonyl (C=O) groups excluding carboxylic acids is 1. The highest BCUT2D eigenvalue weighted by atomic mass is 16.5. The molecular weight excluding hydrogens is 462 g/mol. The molecular formula is C26H25N5O5. The first-order chi connectivity index (χ1) is 17.6. The van der Waals surface area contributed by atoms with Gasteiger partial charge in [0, 0.05) is 24.4 Å². The molecule has 10 nitrogen and oxygen atoms in total. The maximum atomic E-state index is 13.3. The van der Waals surface area contributed by atoms with E-state index in [1.54, 1.807) is 24.3 Å². The second-order valence-corrected chi connectivity index (χ2v) is 8.41. The van der Waals surface area contributed by atoms with Crippen LogP contribution in [0.4, 0.5) is 11.8 Å². The predicted molar refractivity (Wildman–Crippen MR) is 131 cm³/mol. The Hall–Kier alpha value is -4.52. The van der Waals surface area contributed by atoms with Crippen LogP contribution in [-0.4, -0.2) is 35.7 Å². The van der Waals surface area contributed by atoms with Gasteiger partial charge in [0.25, 0.3) is 5.56 Å². The van der Waals surface area contributed by atoms with Crippen LogP contribution in [0.3, 0.4) is 0 Å². The van der Waals surface area contributed by atoms with Crippen molar-refractivity contribution in [3.8, 4) is 23.3 Å². The normalized spacial score (nSPS) is 18.3. The van der Waals surface area contributed by atoms with E-state index in [1.807, 2.05) is 31.2 Å². The Morgan fingerprint density at radius 1 is 1.17 bits per heavy atom. The molecule has 5 rings (SSSR count). The van der Waals surface area contributed by atoms with E-state index in [0.29, 0.717) is 49.2 Å². The zero-order chi connectivity index (χ0) is 25.1. The monoisotopic (exact) mass is 487 g/mol. The molecule has 0 spiro atoms. The summed E-state index contributed by atoms with van der Waals surface area (Å²) in [7, 11) is 0. The summed E-state index contributed by atoms with van der Waals surface area (Å²) in [6.45, 7) is 3.79. The van der Waals surface area contributed by atoms with Crippen LogP contribution in [0.5, 0.6) is 17.2 Å². The van der Waals surface area contributed by atoms with E-state index >= 15 is 0 Å². The summed E-state index contributed by atoms with van der Waals surface area (Å²) >= 11 is 0. The number of amides is 1. The van der Waals surface area contributed by atoms with E-state index in [-0.39, 0.29) is 17.3 Å². The number of anilines is 2. The maximum absolute atomic E-state index is 13.3. The lowest BCUT2D eigenvalue weighted by Gasteiger charge is -2.29. The average molecular weight is 488 g/mol. The second kappa shape index (κ2) is 10.00. The summed E-state index contributed by atoms with van der Waals surface area (Å²) in [4.78, 5) is 33.3. The lowest BCUT2D eigenvalue weighted by Crippen LogP contribution is -2.38. The summed E-state index contributed by atoms with van der Waals surface area (Å²) in [5, 5.41) is 15.5. The zero-order valence-electron chi connectivity index (χ0n) is 19.7. The van der Waals surface area contributed by atoms with Crippen molar-refractivity contribution < 1.29 is 19.0 Å². The van der Waals surface area contributed by atoms with Gasteiger partial charge in [-0.05, 0) is 30.7 Å². The number of ether oxygens (including phenoxy) is 3. The van der Waals surface area contributed by atoms with Crippen LogP contribution in [-0.2, 0) is 11.3 Å². The number of hydrogen-bond donors (Lipinski definition) is 3. The minimum atomic E-state index is -1.11. The highest BCUT2D eigenvalue weighted by Crippen LogP contribution is 2.41. The molecule has 2 atom stereocenters. The first kappa shape index (κ1) is 23.2. The molecule has 2 aliphatic rings. The lowest BCUT2D eigenvalue weighted by atomic mass is 9.79. The molecule has 2 aliphatic heterocycles. The van der Waals surface area contributed by atoms with Crippen molar-refractivity contribution >= 4 is 17.7 Å². The minimum Gasteiger partial charge on any atom is -0.494 e. The number of rotatable bonds is 6. The van der Waals surface area contributed by atoms with Gasteiger partial charge < -0.3 is 24.8 Å². The molecule has 0 bridgehead atoms. The van der Waals surface area contributed by atoms with Gasteiger partial charge in [0.15, 0.2) is 11.5 Å². The summed E-state index contributed by atoms with van der Waals surface area (Å²) < 4.78 is 17.1. The van der Waals surface area contributed by atoms with E-state index in [9.17, 15) is 14.9 Å². The van der Waals surface area contributed by atoms with Gasteiger partial charge in [0.1, 0.15) is 17.5 Å². The first-order valence-electron chi connectivity index (χ1n) is 11.8. The van der Waals surface area contributed by atoms with Crippen LogP contribution < -0.4 is 30.4 Å². The quantitative estimate of drug-likeness (QED) is 0.482. The fraction of sp³-hybridized carbons (Fsp3) is 0.308. The number of aromatic amines is 1. The molecule has 0 saturated carbocycles. The number of nitriles is 1. The molecule has 0 fully saturated rings. The summed E-state index contributed by atoms with van der Waals surface area (Å²) in [6.07, 6.45) is 0.816. The number of carbonyl (C=O) groups is 1. The van der Waals surface area contributed by atoms with E-state index in [0.717, 1.165) is 12.0 Å². The van der Waals surface area contributed by atoms with Crippen LogP contribution in [0.2, 0.25) is 0 Å². The number of nitrogens with zero attached hydrogens (tertiary/aromatic N) is 2. The Kier molecular flexibility index (Phi) is 6.45. The van der Waals surface area contributed by atoms with Crippen LogP contribution in [0.15, 0.2) is 47.3 Å². The third kappa shape index (κ3) is 4.43. The molecule has 0 saturated heterocycles. The van der Waals surface area contributed by atoms with Crippen molar-refractivity contribution in [2.45, 2.75) is 25.8 Å². The van der Waals surface area contributed by atoms with Crippen molar-refractivity contribution in [3.05, 3.63) is 69.5 Å². The van der Waals surface area contributed by atoms with Crippen LogP contribution in [0, 0.1) is 17.2 Å². The molecule has 10 heteroatoms. The van der Waals surface area contributed by atoms with E-state index in [2.05, 4.69) is 20.6 Å². The lowest BCUT2D eigenvalue weighted by molar-refractivity contribution is -0.119. The zero-order valence-corrected chi connectivity index (χ0v) is 19.7. The molecule has 2 unspecified atom stereocenters. The molecule has 3 N–H and O–H groups in total. The molecule has 184 valence electrons. The largest absolute Gasteiger partial charge is 0.494 e. The summed E-state index contributed by atoms with van der Waals surface area (Å²) in [6, 6.07) is 14.8. The number of nitrogens with one attached hydrogen (secondary N) is 3. The second-order valence-electron chi connectivity index (χ2n) is 8.41. The molecule has 2 aromatic carbocycles. The molecule has 3 aromatic rings. The smallest absolute Gasteiger partial charge is 0.258 e. The van der Waals surface area contributed by atoms with Crippen LogP contribution in [0.25, 0.3) is 0 Å². The Bertz CT molecular complexity index is 1400. The Morgan fingerprint density at radius 2 is 1.97 bits per heavy atom. The highest BCUT2D eigenvalue weighted by molar-refractivity contribution is 5.98. The van der Waals surface area contributed by atoms with Gasteiger partial charge in [0.2, 0.25) is 11.9 Å². The van der Waals surface area contributed by atoms with E-state index in [1.165, 1.54) is 0 Å². The summed E-state index contributed by atoms with van der Waals surface area (Å²) in [5.41, 5.74) is 1.26. The molecule has 3 heterocycles. The number of aromatic nitrogens is 2. The predicted octanol–water partition coefficient (Wildman–Crippen LogP) is 3.17. The van der Waals surface area contributed by atoms with Crippen molar-refractivity contribution in [1.82, 2.24) is 9.97 Å². The Morgan fingerprint density at radius 3 is 2.78 bits per heavy atom. The molecule has 1 amide bonds. The highest BCUT2D eigenvalue weighted by Gasteiger charge is 2.41. The van der Waals surface area contributed by atoms with Gasteiger partial charge >= 0.3 is 0 Å². The SMILES string of the molecule is CCOc1ccccc1C1c2c(nc(NCc3ccc4c(c3)OCCCO4)[nH]c2=O)NC(=O)C1C#N. The van der Waals surface area contributed by atoms with Crippen LogP contribution >= 0.6 is 0 Å². The Balaban J connectivity index is 1.46. The molecule has 36 heavy (non-hydrogen) atoms. The van der Waals surface area contributed by atoms with Crippen molar-refractivity contribution in [3.63, 3.8) is 0 Å². The van der Waals surface area contributed by atoms with E-state index in [4.69, 9.17) is 14.2 Å². The Labute approximate surface area is 207 Å². The molecule has 1 aromatic heterocycles. The van der Waals surface area contributed by atoms with Gasteiger partial charge in [-0.2, -0.15) is 10.2 Å². The third-order valence-electron chi connectivity index (χ3n) is 6.09. The minimum absolute atomic E-state index is 0.118. The fourth-order valence-corrected chi connectivity index (χ4v) is 4.46. The fourth-order valence-electron chi connectivity index (χ4n) is 4.46. The molecule has 0 aliphatic carbocycles.